The molecule has 2 aromatic rings. The van der Waals surface area contributed by atoms with E-state index < -0.39 is 0 Å². The van der Waals surface area contributed by atoms with E-state index >= 15 is 0 Å². The second-order valence-corrected chi connectivity index (χ2v) is 4.72. The minimum atomic E-state index is -0.340. The predicted octanol–water partition coefficient (Wildman–Crippen LogP) is 4.07. The lowest BCUT2D eigenvalue weighted by molar-refractivity contribution is 0.103. The van der Waals surface area contributed by atoms with Gasteiger partial charge in [0.2, 0.25) is 0 Å². The first-order valence-electron chi connectivity index (χ1n) is 6.57. The minimum absolute atomic E-state index is 0.144. The monoisotopic (exact) mass is 272 g/mol. The molecule has 0 spiro atoms. The lowest BCUT2D eigenvalue weighted by Crippen LogP contribution is -2.07. The molecule has 0 radical (unpaired) electrons. The first kappa shape index (κ1) is 14.3. The van der Waals surface area contributed by atoms with E-state index in [9.17, 15) is 9.18 Å². The van der Waals surface area contributed by atoms with Crippen molar-refractivity contribution in [2.24, 2.45) is 0 Å². The smallest absolute Gasteiger partial charge is 0.197 e. The normalized spacial score (nSPS) is 10.4. The number of carbonyl (C=O) groups is 1. The fourth-order valence-electron chi connectivity index (χ4n) is 2.13. The number of ether oxygens (including phenoxy) is 1. The Labute approximate surface area is 118 Å². The quantitative estimate of drug-likeness (QED) is 0.784. The van der Waals surface area contributed by atoms with Crippen molar-refractivity contribution in [3.63, 3.8) is 0 Å². The third kappa shape index (κ3) is 2.87. The van der Waals surface area contributed by atoms with Gasteiger partial charge in [-0.15, -0.1) is 0 Å². The molecule has 0 saturated carbocycles. The average molecular weight is 272 g/mol. The molecule has 2 rings (SSSR count). The Morgan fingerprint density at radius 3 is 2.50 bits per heavy atom. The SMILES string of the molecule is CCOc1ccc(C)cc1C(=O)c1ccc(F)cc1C. The fourth-order valence-corrected chi connectivity index (χ4v) is 2.13. The maximum absolute atomic E-state index is 13.1. The van der Waals surface area contributed by atoms with Crippen molar-refractivity contribution < 1.29 is 13.9 Å². The molecule has 104 valence electrons. The molecule has 0 heterocycles. The number of halogens is 1. The first-order valence-corrected chi connectivity index (χ1v) is 6.57. The van der Waals surface area contributed by atoms with Gasteiger partial charge in [0.15, 0.2) is 5.78 Å². The van der Waals surface area contributed by atoms with E-state index in [4.69, 9.17) is 4.74 Å². The summed E-state index contributed by atoms with van der Waals surface area (Å²) in [4.78, 5) is 12.6. The minimum Gasteiger partial charge on any atom is -0.493 e. The van der Waals surface area contributed by atoms with Crippen molar-refractivity contribution in [3.05, 3.63) is 64.5 Å². The molecule has 0 atom stereocenters. The molecule has 0 aliphatic heterocycles. The van der Waals surface area contributed by atoms with Crippen LogP contribution in [0.3, 0.4) is 0 Å². The van der Waals surface area contributed by atoms with Crippen LogP contribution in [0.5, 0.6) is 5.75 Å². The maximum atomic E-state index is 13.1. The Hall–Kier alpha value is -2.16. The van der Waals surface area contributed by atoms with Crippen LogP contribution in [0.1, 0.15) is 34.0 Å². The van der Waals surface area contributed by atoms with E-state index in [1.54, 1.807) is 19.1 Å². The molecule has 2 aromatic carbocycles. The summed E-state index contributed by atoms with van der Waals surface area (Å²) in [5.41, 5.74) is 2.62. The molecule has 0 bridgehead atoms. The van der Waals surface area contributed by atoms with Gasteiger partial charge in [0.1, 0.15) is 11.6 Å². The number of rotatable bonds is 4. The van der Waals surface area contributed by atoms with Gasteiger partial charge in [-0.05, 0) is 56.7 Å². The summed E-state index contributed by atoms with van der Waals surface area (Å²) in [6, 6.07) is 9.69. The standard InChI is InChI=1S/C17H17FO2/c1-4-20-16-8-5-11(2)9-15(16)17(19)14-7-6-13(18)10-12(14)3/h5-10H,4H2,1-3H3. The third-order valence-electron chi connectivity index (χ3n) is 3.11. The number of ketones is 1. The summed E-state index contributed by atoms with van der Waals surface area (Å²) in [6.45, 7) is 6.01. The summed E-state index contributed by atoms with van der Waals surface area (Å²) >= 11 is 0. The molecule has 0 fully saturated rings. The molecule has 0 aliphatic carbocycles. The van der Waals surface area contributed by atoms with Crippen molar-refractivity contribution in [2.75, 3.05) is 6.61 Å². The second kappa shape index (κ2) is 5.87. The lowest BCUT2D eigenvalue weighted by atomic mass is 9.97. The number of carbonyl (C=O) groups excluding carboxylic acids is 1. The Morgan fingerprint density at radius 1 is 1.10 bits per heavy atom. The molecule has 0 unspecified atom stereocenters. The largest absolute Gasteiger partial charge is 0.493 e. The van der Waals surface area contributed by atoms with Gasteiger partial charge in [0.25, 0.3) is 0 Å². The number of aryl methyl sites for hydroxylation is 2. The summed E-state index contributed by atoms with van der Waals surface area (Å²) in [6.07, 6.45) is 0. The lowest BCUT2D eigenvalue weighted by Gasteiger charge is -2.11. The molecular formula is C17H17FO2. The highest BCUT2D eigenvalue weighted by Crippen LogP contribution is 2.25. The molecule has 0 N–H and O–H groups in total. The van der Waals surface area contributed by atoms with E-state index in [0.29, 0.717) is 29.0 Å². The van der Waals surface area contributed by atoms with Crippen LogP contribution in [-0.4, -0.2) is 12.4 Å². The molecule has 0 saturated heterocycles. The summed E-state index contributed by atoms with van der Waals surface area (Å²) < 4.78 is 18.6. The van der Waals surface area contributed by atoms with Crippen molar-refractivity contribution >= 4 is 5.78 Å². The first-order chi connectivity index (χ1) is 9.52. The molecule has 0 aromatic heterocycles. The number of benzene rings is 2. The van der Waals surface area contributed by atoms with Crippen LogP contribution in [0.4, 0.5) is 4.39 Å². The summed E-state index contributed by atoms with van der Waals surface area (Å²) in [5, 5.41) is 0. The summed E-state index contributed by atoms with van der Waals surface area (Å²) in [7, 11) is 0. The van der Waals surface area contributed by atoms with Crippen molar-refractivity contribution in [3.8, 4) is 5.75 Å². The van der Waals surface area contributed by atoms with Gasteiger partial charge in [-0.2, -0.15) is 0 Å². The Bertz CT molecular complexity index is 647. The van der Waals surface area contributed by atoms with E-state index in [-0.39, 0.29) is 11.6 Å². The third-order valence-corrected chi connectivity index (χ3v) is 3.11. The summed E-state index contributed by atoms with van der Waals surface area (Å²) in [5.74, 6) is 0.0785. The molecule has 3 heteroatoms. The number of hydrogen-bond donors (Lipinski definition) is 0. The highest BCUT2D eigenvalue weighted by atomic mass is 19.1. The van der Waals surface area contributed by atoms with Crippen LogP contribution in [0, 0.1) is 19.7 Å². The van der Waals surface area contributed by atoms with Gasteiger partial charge in [-0.25, -0.2) is 4.39 Å². The van der Waals surface area contributed by atoms with Gasteiger partial charge in [-0.1, -0.05) is 11.6 Å². The predicted molar refractivity (Wildman–Crippen MR) is 76.9 cm³/mol. The highest BCUT2D eigenvalue weighted by molar-refractivity contribution is 6.11. The van der Waals surface area contributed by atoms with Crippen LogP contribution < -0.4 is 4.74 Å². The average Bonchev–Trinajstić information content (AvgIpc) is 2.40. The van der Waals surface area contributed by atoms with E-state index in [1.807, 2.05) is 19.9 Å². The molecular weight excluding hydrogens is 255 g/mol. The molecule has 0 aliphatic rings. The van der Waals surface area contributed by atoms with E-state index in [1.165, 1.54) is 18.2 Å². The van der Waals surface area contributed by atoms with Crippen molar-refractivity contribution in [2.45, 2.75) is 20.8 Å². The zero-order valence-corrected chi connectivity index (χ0v) is 11.9. The molecule has 2 nitrogen and oxygen atoms in total. The van der Waals surface area contributed by atoms with Gasteiger partial charge in [-0.3, -0.25) is 4.79 Å². The topological polar surface area (TPSA) is 26.3 Å². The maximum Gasteiger partial charge on any atom is 0.197 e. The van der Waals surface area contributed by atoms with E-state index in [0.717, 1.165) is 5.56 Å². The Balaban J connectivity index is 2.49. The molecule has 0 amide bonds. The van der Waals surface area contributed by atoms with Crippen LogP contribution >= 0.6 is 0 Å². The van der Waals surface area contributed by atoms with Crippen molar-refractivity contribution in [1.29, 1.82) is 0 Å². The fraction of sp³-hybridized carbons (Fsp3) is 0.235. The van der Waals surface area contributed by atoms with Crippen LogP contribution in [0.15, 0.2) is 36.4 Å². The van der Waals surface area contributed by atoms with Gasteiger partial charge >= 0.3 is 0 Å². The second-order valence-electron chi connectivity index (χ2n) is 4.72. The van der Waals surface area contributed by atoms with E-state index in [2.05, 4.69) is 0 Å². The zero-order chi connectivity index (χ0) is 14.7. The Kier molecular flexibility index (Phi) is 4.18. The number of hydrogen-bond acceptors (Lipinski definition) is 2. The van der Waals surface area contributed by atoms with Crippen LogP contribution in [0.25, 0.3) is 0 Å². The van der Waals surface area contributed by atoms with Crippen molar-refractivity contribution in [1.82, 2.24) is 0 Å². The highest BCUT2D eigenvalue weighted by Gasteiger charge is 2.17. The van der Waals surface area contributed by atoms with Crippen LogP contribution in [0.2, 0.25) is 0 Å². The van der Waals surface area contributed by atoms with Gasteiger partial charge in [0, 0.05) is 5.56 Å². The van der Waals surface area contributed by atoms with Gasteiger partial charge in [0.05, 0.1) is 12.2 Å². The molecule has 20 heavy (non-hydrogen) atoms. The Morgan fingerprint density at radius 2 is 1.85 bits per heavy atom. The van der Waals surface area contributed by atoms with Gasteiger partial charge < -0.3 is 4.74 Å². The van der Waals surface area contributed by atoms with Crippen LogP contribution in [-0.2, 0) is 0 Å². The zero-order valence-electron chi connectivity index (χ0n) is 11.9.